The molecule has 0 fully saturated rings. The van der Waals surface area contributed by atoms with Crippen LogP contribution in [0.25, 0.3) is 0 Å². The van der Waals surface area contributed by atoms with Crippen molar-refractivity contribution in [2.45, 2.75) is 18.6 Å². The molecule has 0 heterocycles. The van der Waals surface area contributed by atoms with Crippen LogP contribution < -0.4 is 0 Å². The molecule has 0 aliphatic heterocycles. The van der Waals surface area contributed by atoms with Crippen LogP contribution in [0.3, 0.4) is 0 Å². The van der Waals surface area contributed by atoms with Crippen LogP contribution in [0.15, 0.2) is 0 Å². The molecule has 0 saturated heterocycles. The van der Waals surface area contributed by atoms with E-state index < -0.39 is 8.80 Å². The van der Waals surface area contributed by atoms with Gasteiger partial charge in [-0.1, -0.05) is 0 Å². The monoisotopic (exact) mass is 282 g/mol. The quantitative estimate of drug-likeness (QED) is 0.392. The number of ether oxygens (including phenoxy) is 3. The molecule has 0 aromatic heterocycles. The third kappa shape index (κ3) is 6.79. The van der Waals surface area contributed by atoms with Crippen molar-refractivity contribution in [3.63, 3.8) is 0 Å². The highest BCUT2D eigenvalue weighted by Crippen LogP contribution is 2.14. The first-order valence-electron chi connectivity index (χ1n) is 5.93. The second-order valence-corrected chi connectivity index (χ2v) is 6.88. The van der Waals surface area contributed by atoms with E-state index in [0.717, 1.165) is 12.5 Å². The Bertz CT molecular complexity index is 180. The summed E-state index contributed by atoms with van der Waals surface area (Å²) in [5, 5.41) is 0. The van der Waals surface area contributed by atoms with Crippen LogP contribution in [0, 0.1) is 0 Å². The van der Waals surface area contributed by atoms with Crippen LogP contribution in [0.1, 0.15) is 6.42 Å². The summed E-state index contributed by atoms with van der Waals surface area (Å²) in [6.07, 6.45) is 0.801. The van der Waals surface area contributed by atoms with Crippen LogP contribution in [-0.4, -0.2) is 70.3 Å². The molecule has 0 N–H and O–H groups in total. The highest BCUT2D eigenvalue weighted by Gasteiger charge is 2.36. The van der Waals surface area contributed by atoms with Crippen molar-refractivity contribution >= 4 is 8.80 Å². The molecule has 1 unspecified atom stereocenters. The molecular weight excluding hydrogens is 256 g/mol. The summed E-state index contributed by atoms with van der Waals surface area (Å²) in [5.74, 6) is 0. The molecule has 110 valence electrons. The standard InChI is InChI=1S/C11H26O6Si/c1-12-9-11(13-2)10-17-7-6-8-18(14-3,15-4)16-5/h11H,6-10H2,1-5H3. The molecule has 0 aliphatic carbocycles. The average Bonchev–Trinajstić information content (AvgIpc) is 2.42. The maximum absolute atomic E-state index is 5.52. The van der Waals surface area contributed by atoms with Crippen molar-refractivity contribution in [2.24, 2.45) is 0 Å². The number of rotatable bonds is 12. The Morgan fingerprint density at radius 1 is 0.889 bits per heavy atom. The molecule has 0 rings (SSSR count). The Balaban J connectivity index is 3.71. The molecule has 0 aromatic rings. The van der Waals surface area contributed by atoms with Gasteiger partial charge in [0.15, 0.2) is 0 Å². The minimum Gasteiger partial charge on any atom is -0.382 e. The second-order valence-electron chi connectivity index (χ2n) is 3.79. The van der Waals surface area contributed by atoms with E-state index in [2.05, 4.69) is 0 Å². The molecule has 0 bridgehead atoms. The topological polar surface area (TPSA) is 55.4 Å². The molecule has 1 atom stereocenters. The lowest BCUT2D eigenvalue weighted by atomic mass is 10.4. The van der Waals surface area contributed by atoms with Crippen molar-refractivity contribution in [2.75, 3.05) is 55.4 Å². The minimum absolute atomic E-state index is 0.0238. The van der Waals surface area contributed by atoms with Crippen molar-refractivity contribution in [3.05, 3.63) is 0 Å². The number of hydrogen-bond donors (Lipinski definition) is 0. The lowest BCUT2D eigenvalue weighted by Crippen LogP contribution is -2.42. The highest BCUT2D eigenvalue weighted by atomic mass is 28.4. The summed E-state index contributed by atoms with van der Waals surface area (Å²) in [6.45, 7) is 1.67. The van der Waals surface area contributed by atoms with Crippen molar-refractivity contribution in [1.82, 2.24) is 0 Å². The van der Waals surface area contributed by atoms with Gasteiger partial charge in [-0.25, -0.2) is 0 Å². The SMILES string of the molecule is COCC(COCCC[Si](OC)(OC)OC)OC. The molecule has 0 aromatic carbocycles. The Morgan fingerprint density at radius 2 is 1.50 bits per heavy atom. The zero-order chi connectivity index (χ0) is 13.9. The van der Waals surface area contributed by atoms with E-state index in [9.17, 15) is 0 Å². The van der Waals surface area contributed by atoms with E-state index in [1.54, 1.807) is 35.5 Å². The van der Waals surface area contributed by atoms with E-state index in [0.29, 0.717) is 19.8 Å². The summed E-state index contributed by atoms with van der Waals surface area (Å²) in [4.78, 5) is 0. The maximum atomic E-state index is 5.52. The smallest absolute Gasteiger partial charge is 0.382 e. The summed E-state index contributed by atoms with van der Waals surface area (Å²) < 4.78 is 31.7. The average molecular weight is 282 g/mol. The van der Waals surface area contributed by atoms with Crippen LogP contribution in [0.2, 0.25) is 6.04 Å². The van der Waals surface area contributed by atoms with Crippen LogP contribution in [0.4, 0.5) is 0 Å². The van der Waals surface area contributed by atoms with Gasteiger partial charge in [-0.05, 0) is 6.42 Å². The predicted octanol–water partition coefficient (Wildman–Crippen LogP) is 0.933. The van der Waals surface area contributed by atoms with Gasteiger partial charge in [-0.15, -0.1) is 0 Å². The van der Waals surface area contributed by atoms with Gasteiger partial charge in [0.25, 0.3) is 0 Å². The summed E-state index contributed by atoms with van der Waals surface area (Å²) >= 11 is 0. The molecule has 0 saturated carbocycles. The Labute approximate surface area is 111 Å². The van der Waals surface area contributed by atoms with Crippen molar-refractivity contribution in [1.29, 1.82) is 0 Å². The fraction of sp³-hybridized carbons (Fsp3) is 1.00. The number of hydrogen-bond acceptors (Lipinski definition) is 6. The van der Waals surface area contributed by atoms with Gasteiger partial charge in [-0.2, -0.15) is 0 Å². The third-order valence-corrected chi connectivity index (χ3v) is 5.53. The first kappa shape index (κ1) is 18.0. The zero-order valence-corrected chi connectivity index (χ0v) is 13.1. The molecular formula is C11H26O6Si. The normalized spacial score (nSPS) is 13.8. The van der Waals surface area contributed by atoms with E-state index in [4.69, 9.17) is 27.5 Å². The highest BCUT2D eigenvalue weighted by molar-refractivity contribution is 6.60. The van der Waals surface area contributed by atoms with Crippen molar-refractivity contribution in [3.8, 4) is 0 Å². The predicted molar refractivity (Wildman–Crippen MR) is 69.7 cm³/mol. The zero-order valence-electron chi connectivity index (χ0n) is 12.1. The van der Waals surface area contributed by atoms with Gasteiger partial charge in [0.2, 0.25) is 0 Å². The van der Waals surface area contributed by atoms with Crippen molar-refractivity contribution < 1.29 is 27.5 Å². The Morgan fingerprint density at radius 3 is 1.94 bits per heavy atom. The molecule has 7 heteroatoms. The molecule has 0 amide bonds. The van der Waals surface area contributed by atoms with Crippen LogP contribution in [0.5, 0.6) is 0 Å². The van der Waals surface area contributed by atoms with Gasteiger partial charge >= 0.3 is 8.80 Å². The van der Waals surface area contributed by atoms with Gasteiger partial charge in [-0.3, -0.25) is 0 Å². The van der Waals surface area contributed by atoms with E-state index in [-0.39, 0.29) is 6.10 Å². The van der Waals surface area contributed by atoms with Gasteiger partial charge < -0.3 is 27.5 Å². The molecule has 18 heavy (non-hydrogen) atoms. The summed E-state index contributed by atoms with van der Waals surface area (Å²) in [5.41, 5.74) is 0. The molecule has 0 aliphatic rings. The summed E-state index contributed by atoms with van der Waals surface area (Å²) in [7, 11) is 5.66. The van der Waals surface area contributed by atoms with Crippen LogP contribution >= 0.6 is 0 Å². The first-order chi connectivity index (χ1) is 8.67. The van der Waals surface area contributed by atoms with E-state index >= 15 is 0 Å². The third-order valence-electron chi connectivity index (χ3n) is 2.69. The largest absolute Gasteiger partial charge is 0.500 e. The van der Waals surface area contributed by atoms with Gasteiger partial charge in [0, 0.05) is 48.2 Å². The minimum atomic E-state index is -2.45. The van der Waals surface area contributed by atoms with E-state index in [1.165, 1.54) is 0 Å². The van der Waals surface area contributed by atoms with E-state index in [1.807, 2.05) is 0 Å². The molecule has 0 spiro atoms. The number of methoxy groups -OCH3 is 2. The fourth-order valence-corrected chi connectivity index (χ4v) is 3.22. The molecule has 0 radical (unpaired) electrons. The second kappa shape index (κ2) is 10.9. The lowest BCUT2D eigenvalue weighted by Gasteiger charge is -2.24. The van der Waals surface area contributed by atoms with Gasteiger partial charge in [0.1, 0.15) is 6.10 Å². The fourth-order valence-electron chi connectivity index (χ4n) is 1.53. The lowest BCUT2D eigenvalue weighted by molar-refractivity contribution is -0.0306. The van der Waals surface area contributed by atoms with Crippen LogP contribution in [-0.2, 0) is 27.5 Å². The Hall–Kier alpha value is -0.0231. The maximum Gasteiger partial charge on any atom is 0.500 e. The molecule has 6 nitrogen and oxygen atoms in total. The Kier molecular flexibility index (Phi) is 10.8. The first-order valence-corrected chi connectivity index (χ1v) is 7.86. The summed E-state index contributed by atoms with van der Waals surface area (Å²) in [6, 6.07) is 0.735. The van der Waals surface area contributed by atoms with Gasteiger partial charge in [0.05, 0.1) is 13.2 Å².